The van der Waals surface area contributed by atoms with E-state index in [0.717, 1.165) is 12.0 Å². The Morgan fingerprint density at radius 1 is 1.47 bits per heavy atom. The van der Waals surface area contributed by atoms with Gasteiger partial charge in [0.25, 0.3) is 0 Å². The average molecular weight is 261 g/mol. The topological polar surface area (TPSA) is 68.0 Å². The van der Waals surface area contributed by atoms with Crippen LogP contribution in [0.5, 0.6) is 0 Å². The Kier molecular flexibility index (Phi) is 5.33. The van der Waals surface area contributed by atoms with E-state index >= 15 is 0 Å². The largest absolute Gasteiger partial charge is 0.352 e. The highest BCUT2D eigenvalue weighted by molar-refractivity contribution is 5.76. The van der Waals surface area contributed by atoms with Crippen molar-refractivity contribution in [1.82, 2.24) is 10.3 Å². The summed E-state index contributed by atoms with van der Waals surface area (Å²) in [6, 6.07) is 4.05. The first-order valence-electron chi connectivity index (χ1n) is 7.18. The van der Waals surface area contributed by atoms with Crippen molar-refractivity contribution in [3.63, 3.8) is 0 Å². The molecule has 2 rings (SSSR count). The Hall–Kier alpha value is -1.42. The number of nitrogens with one attached hydrogen (secondary N) is 1. The van der Waals surface area contributed by atoms with Crippen molar-refractivity contribution >= 4 is 5.91 Å². The van der Waals surface area contributed by atoms with Gasteiger partial charge in [-0.2, -0.15) is 0 Å². The normalized spacial score (nSPS) is 17.3. The Balaban J connectivity index is 1.76. The maximum absolute atomic E-state index is 12.0. The number of hydrogen-bond donors (Lipinski definition) is 2. The van der Waals surface area contributed by atoms with Crippen LogP contribution in [0.3, 0.4) is 0 Å². The number of nitrogens with zero attached hydrogens (tertiary/aromatic N) is 1. The van der Waals surface area contributed by atoms with E-state index in [4.69, 9.17) is 5.73 Å². The molecule has 0 aliphatic heterocycles. The zero-order valence-electron chi connectivity index (χ0n) is 11.3. The smallest absolute Gasteiger partial charge is 0.220 e. The molecule has 0 bridgehead atoms. The van der Waals surface area contributed by atoms with Crippen molar-refractivity contribution in [2.24, 2.45) is 11.7 Å². The summed E-state index contributed by atoms with van der Waals surface area (Å²) in [5.41, 5.74) is 6.88. The molecular formula is C15H23N3O. The molecule has 1 heterocycles. The molecule has 1 fully saturated rings. The third-order valence-corrected chi connectivity index (χ3v) is 3.93. The van der Waals surface area contributed by atoms with Gasteiger partial charge in [0.1, 0.15) is 0 Å². The van der Waals surface area contributed by atoms with Gasteiger partial charge in [0.15, 0.2) is 0 Å². The first-order valence-corrected chi connectivity index (χ1v) is 7.18. The summed E-state index contributed by atoms with van der Waals surface area (Å²) >= 11 is 0. The molecule has 1 amide bonds. The lowest BCUT2D eigenvalue weighted by Crippen LogP contribution is -2.44. The number of carbonyl (C=O) groups is 1. The van der Waals surface area contributed by atoms with E-state index in [2.05, 4.69) is 10.3 Å². The first kappa shape index (κ1) is 14.0. The zero-order chi connectivity index (χ0) is 13.5. The highest BCUT2D eigenvalue weighted by atomic mass is 16.1. The van der Waals surface area contributed by atoms with Crippen LogP contribution in [0, 0.1) is 5.92 Å². The fourth-order valence-electron chi connectivity index (χ4n) is 2.81. The van der Waals surface area contributed by atoms with E-state index in [1.54, 1.807) is 6.20 Å². The minimum atomic E-state index is 0.103. The van der Waals surface area contributed by atoms with Crippen LogP contribution in [0.4, 0.5) is 0 Å². The van der Waals surface area contributed by atoms with E-state index in [0.29, 0.717) is 18.9 Å². The molecular weight excluding hydrogens is 238 g/mol. The summed E-state index contributed by atoms with van der Waals surface area (Å²) in [4.78, 5) is 16.0. The molecule has 0 spiro atoms. The second kappa shape index (κ2) is 7.24. The molecule has 1 aliphatic rings. The van der Waals surface area contributed by atoms with E-state index in [9.17, 15) is 4.79 Å². The van der Waals surface area contributed by atoms with Gasteiger partial charge in [0, 0.05) is 31.4 Å². The first-order chi connectivity index (χ1) is 9.29. The monoisotopic (exact) mass is 261 g/mol. The van der Waals surface area contributed by atoms with Gasteiger partial charge in [-0.3, -0.25) is 9.78 Å². The van der Waals surface area contributed by atoms with Crippen LogP contribution in [-0.4, -0.2) is 23.5 Å². The maximum Gasteiger partial charge on any atom is 0.220 e. The molecule has 3 N–H and O–H groups in total. The SMILES string of the molecule is NCC(NC(=O)CCc1cccnc1)C1CCCC1. The number of carbonyl (C=O) groups excluding carboxylic acids is 1. The molecule has 1 aliphatic carbocycles. The maximum atomic E-state index is 12.0. The Morgan fingerprint density at radius 3 is 2.89 bits per heavy atom. The second-order valence-corrected chi connectivity index (χ2v) is 5.32. The molecule has 19 heavy (non-hydrogen) atoms. The molecule has 104 valence electrons. The van der Waals surface area contributed by atoms with Crippen LogP contribution in [0.2, 0.25) is 0 Å². The number of rotatable bonds is 6. The number of amides is 1. The van der Waals surface area contributed by atoms with Crippen LogP contribution in [0.25, 0.3) is 0 Å². The molecule has 4 nitrogen and oxygen atoms in total. The molecule has 0 saturated heterocycles. The lowest BCUT2D eigenvalue weighted by molar-refractivity contribution is -0.122. The van der Waals surface area contributed by atoms with Gasteiger partial charge in [-0.15, -0.1) is 0 Å². The third kappa shape index (κ3) is 4.31. The van der Waals surface area contributed by atoms with Crippen molar-refractivity contribution in [1.29, 1.82) is 0 Å². The van der Waals surface area contributed by atoms with Crippen LogP contribution in [0.1, 0.15) is 37.7 Å². The average Bonchev–Trinajstić information content (AvgIpc) is 2.97. The number of nitrogens with two attached hydrogens (primary N) is 1. The predicted octanol–water partition coefficient (Wildman–Crippen LogP) is 1.65. The molecule has 1 atom stereocenters. The summed E-state index contributed by atoms with van der Waals surface area (Å²) in [6.45, 7) is 0.545. The molecule has 1 unspecified atom stereocenters. The van der Waals surface area contributed by atoms with Gasteiger partial charge >= 0.3 is 0 Å². The van der Waals surface area contributed by atoms with Gasteiger partial charge < -0.3 is 11.1 Å². The van der Waals surface area contributed by atoms with Gasteiger partial charge in [-0.25, -0.2) is 0 Å². The number of aromatic nitrogens is 1. The minimum absolute atomic E-state index is 0.103. The second-order valence-electron chi connectivity index (χ2n) is 5.32. The zero-order valence-corrected chi connectivity index (χ0v) is 11.3. The Labute approximate surface area is 114 Å². The Bertz CT molecular complexity index is 388. The number of hydrogen-bond acceptors (Lipinski definition) is 3. The molecule has 0 radical (unpaired) electrons. The van der Waals surface area contributed by atoms with Crippen LogP contribution in [-0.2, 0) is 11.2 Å². The van der Waals surface area contributed by atoms with Crippen molar-refractivity contribution in [2.75, 3.05) is 6.54 Å². The van der Waals surface area contributed by atoms with Crippen molar-refractivity contribution in [3.05, 3.63) is 30.1 Å². The highest BCUT2D eigenvalue weighted by Gasteiger charge is 2.24. The number of aryl methyl sites for hydroxylation is 1. The van der Waals surface area contributed by atoms with E-state index < -0.39 is 0 Å². The molecule has 1 aromatic heterocycles. The minimum Gasteiger partial charge on any atom is -0.352 e. The standard InChI is InChI=1S/C15H23N3O/c16-10-14(13-5-1-2-6-13)18-15(19)8-7-12-4-3-9-17-11-12/h3-4,9,11,13-14H,1-2,5-8,10,16H2,(H,18,19). The molecule has 4 heteroatoms. The molecule has 0 aromatic carbocycles. The summed E-state index contributed by atoms with van der Waals surface area (Å²) in [7, 11) is 0. The summed E-state index contributed by atoms with van der Waals surface area (Å²) in [5, 5.41) is 3.09. The summed E-state index contributed by atoms with van der Waals surface area (Å²) in [5.74, 6) is 0.679. The summed E-state index contributed by atoms with van der Waals surface area (Å²) < 4.78 is 0. The van der Waals surface area contributed by atoms with Gasteiger partial charge in [-0.05, 0) is 36.8 Å². The fourth-order valence-corrected chi connectivity index (χ4v) is 2.81. The highest BCUT2D eigenvalue weighted by Crippen LogP contribution is 2.27. The van der Waals surface area contributed by atoms with E-state index in [-0.39, 0.29) is 11.9 Å². The van der Waals surface area contributed by atoms with E-state index in [1.807, 2.05) is 18.3 Å². The van der Waals surface area contributed by atoms with Crippen molar-refractivity contribution in [3.8, 4) is 0 Å². The third-order valence-electron chi connectivity index (χ3n) is 3.93. The van der Waals surface area contributed by atoms with Crippen molar-refractivity contribution in [2.45, 2.75) is 44.6 Å². The van der Waals surface area contributed by atoms with Gasteiger partial charge in [-0.1, -0.05) is 18.9 Å². The fraction of sp³-hybridized carbons (Fsp3) is 0.600. The quantitative estimate of drug-likeness (QED) is 0.818. The number of pyridine rings is 1. The van der Waals surface area contributed by atoms with Crippen LogP contribution >= 0.6 is 0 Å². The van der Waals surface area contributed by atoms with Crippen LogP contribution in [0.15, 0.2) is 24.5 Å². The molecule has 1 saturated carbocycles. The lowest BCUT2D eigenvalue weighted by atomic mass is 9.98. The van der Waals surface area contributed by atoms with E-state index in [1.165, 1.54) is 25.7 Å². The predicted molar refractivity (Wildman–Crippen MR) is 75.5 cm³/mol. The van der Waals surface area contributed by atoms with Crippen LogP contribution < -0.4 is 11.1 Å². The van der Waals surface area contributed by atoms with Gasteiger partial charge in [0.05, 0.1) is 0 Å². The Morgan fingerprint density at radius 2 is 2.26 bits per heavy atom. The molecule has 1 aromatic rings. The van der Waals surface area contributed by atoms with Crippen molar-refractivity contribution < 1.29 is 4.79 Å². The summed E-state index contributed by atoms with van der Waals surface area (Å²) in [6.07, 6.45) is 9.74. The lowest BCUT2D eigenvalue weighted by Gasteiger charge is -2.23. The van der Waals surface area contributed by atoms with Gasteiger partial charge in [0.2, 0.25) is 5.91 Å².